The van der Waals surface area contributed by atoms with E-state index in [-0.39, 0.29) is 5.82 Å². The molecule has 1 aliphatic carbocycles. The summed E-state index contributed by atoms with van der Waals surface area (Å²) < 4.78 is 13.6. The maximum atomic E-state index is 13.6. The first kappa shape index (κ1) is 12.0. The van der Waals surface area contributed by atoms with E-state index in [0.717, 1.165) is 30.5 Å². The fraction of sp³-hybridized carbons (Fsp3) is 0.286. The maximum Gasteiger partial charge on any atom is 0.161 e. The summed E-state index contributed by atoms with van der Waals surface area (Å²) in [5.74, 6) is 6.44. The average Bonchev–Trinajstić information content (AvgIpc) is 2.89. The van der Waals surface area contributed by atoms with Crippen molar-refractivity contribution < 1.29 is 4.39 Å². The van der Waals surface area contributed by atoms with Crippen LogP contribution in [0.15, 0.2) is 18.2 Å². The predicted octanol–water partition coefficient (Wildman–Crippen LogP) is 2.37. The number of nitrogen functional groups attached to an aromatic ring is 1. The molecular formula is C14H15FN4. The standard InChI is InChI=1S/C14H15FN4/c1-8-5-6-9(7-11(8)15)13-17-12-4-2-3-10(12)14(18-13)19-16/h5-7H,2-4,16H2,1H3,(H,17,18,19). The van der Waals surface area contributed by atoms with E-state index in [1.165, 1.54) is 6.07 Å². The van der Waals surface area contributed by atoms with Crippen LogP contribution in [0.1, 0.15) is 23.2 Å². The molecule has 0 fully saturated rings. The number of benzene rings is 1. The zero-order chi connectivity index (χ0) is 13.4. The molecule has 3 rings (SSSR count). The number of nitrogens with one attached hydrogen (secondary N) is 1. The normalized spacial score (nSPS) is 13.4. The molecule has 0 bridgehead atoms. The number of aromatic nitrogens is 2. The van der Waals surface area contributed by atoms with Gasteiger partial charge in [-0.2, -0.15) is 0 Å². The molecule has 0 aliphatic heterocycles. The molecule has 1 aromatic heterocycles. The number of rotatable bonds is 2. The van der Waals surface area contributed by atoms with Crippen molar-refractivity contribution in [3.63, 3.8) is 0 Å². The summed E-state index contributed by atoms with van der Waals surface area (Å²) in [5.41, 5.74) is 6.00. The second-order valence-corrected chi connectivity index (χ2v) is 4.78. The van der Waals surface area contributed by atoms with E-state index in [4.69, 9.17) is 5.84 Å². The minimum absolute atomic E-state index is 0.246. The summed E-state index contributed by atoms with van der Waals surface area (Å²) >= 11 is 0. The van der Waals surface area contributed by atoms with Crippen molar-refractivity contribution in [2.24, 2.45) is 5.84 Å². The quantitative estimate of drug-likeness (QED) is 0.641. The molecule has 1 heterocycles. The van der Waals surface area contributed by atoms with Gasteiger partial charge in [0.2, 0.25) is 0 Å². The van der Waals surface area contributed by atoms with Crippen LogP contribution in [0.4, 0.5) is 10.2 Å². The van der Waals surface area contributed by atoms with Crippen LogP contribution in [0, 0.1) is 12.7 Å². The number of nitrogens with two attached hydrogens (primary N) is 1. The number of hydrazine groups is 1. The van der Waals surface area contributed by atoms with Crippen molar-refractivity contribution in [3.05, 3.63) is 40.8 Å². The number of aryl methyl sites for hydroxylation is 2. The molecule has 0 saturated carbocycles. The van der Waals surface area contributed by atoms with Crippen LogP contribution in [-0.4, -0.2) is 9.97 Å². The van der Waals surface area contributed by atoms with E-state index in [1.807, 2.05) is 6.07 Å². The van der Waals surface area contributed by atoms with E-state index in [2.05, 4.69) is 15.4 Å². The predicted molar refractivity (Wildman–Crippen MR) is 72.0 cm³/mol. The third-order valence-electron chi connectivity index (χ3n) is 3.50. The molecule has 5 heteroatoms. The van der Waals surface area contributed by atoms with Gasteiger partial charge in [0, 0.05) is 16.8 Å². The number of halogens is 1. The number of nitrogens with zero attached hydrogens (tertiary/aromatic N) is 2. The molecule has 0 radical (unpaired) electrons. The van der Waals surface area contributed by atoms with Gasteiger partial charge in [-0.3, -0.25) is 0 Å². The molecular weight excluding hydrogens is 243 g/mol. The SMILES string of the molecule is Cc1ccc(-c2nc3c(c(NN)n2)CCC3)cc1F. The number of hydrogen-bond donors (Lipinski definition) is 2. The smallest absolute Gasteiger partial charge is 0.161 e. The van der Waals surface area contributed by atoms with E-state index < -0.39 is 0 Å². The Kier molecular flexibility index (Phi) is 2.91. The Morgan fingerprint density at radius 2 is 2.11 bits per heavy atom. The third-order valence-corrected chi connectivity index (χ3v) is 3.50. The highest BCUT2D eigenvalue weighted by Crippen LogP contribution is 2.29. The van der Waals surface area contributed by atoms with Gasteiger partial charge in [-0.25, -0.2) is 20.2 Å². The highest BCUT2D eigenvalue weighted by Gasteiger charge is 2.19. The summed E-state index contributed by atoms with van der Waals surface area (Å²) in [6, 6.07) is 5.03. The first-order valence-electron chi connectivity index (χ1n) is 6.32. The molecule has 3 N–H and O–H groups in total. The Balaban J connectivity index is 2.12. The van der Waals surface area contributed by atoms with Crippen LogP contribution >= 0.6 is 0 Å². The number of anilines is 1. The number of hydrogen-bond acceptors (Lipinski definition) is 4. The van der Waals surface area contributed by atoms with Crippen LogP contribution in [0.25, 0.3) is 11.4 Å². The molecule has 0 atom stereocenters. The molecule has 1 aromatic carbocycles. The van der Waals surface area contributed by atoms with Gasteiger partial charge in [0.1, 0.15) is 11.6 Å². The molecule has 98 valence electrons. The fourth-order valence-electron chi connectivity index (χ4n) is 2.41. The molecule has 0 saturated heterocycles. The van der Waals surface area contributed by atoms with Crippen LogP contribution < -0.4 is 11.3 Å². The van der Waals surface area contributed by atoms with Crippen molar-refractivity contribution in [1.29, 1.82) is 0 Å². The molecule has 19 heavy (non-hydrogen) atoms. The lowest BCUT2D eigenvalue weighted by atomic mass is 10.1. The molecule has 0 unspecified atom stereocenters. The molecule has 4 nitrogen and oxygen atoms in total. The van der Waals surface area contributed by atoms with Gasteiger partial charge in [-0.15, -0.1) is 0 Å². The van der Waals surface area contributed by atoms with Gasteiger partial charge in [0.25, 0.3) is 0 Å². The van der Waals surface area contributed by atoms with Gasteiger partial charge in [-0.1, -0.05) is 12.1 Å². The van der Waals surface area contributed by atoms with Gasteiger partial charge in [-0.05, 0) is 37.8 Å². The van der Waals surface area contributed by atoms with Crippen molar-refractivity contribution in [2.75, 3.05) is 5.43 Å². The highest BCUT2D eigenvalue weighted by atomic mass is 19.1. The van der Waals surface area contributed by atoms with E-state index in [9.17, 15) is 4.39 Å². The summed E-state index contributed by atoms with van der Waals surface area (Å²) in [5, 5.41) is 0. The van der Waals surface area contributed by atoms with Crippen molar-refractivity contribution in [3.8, 4) is 11.4 Å². The van der Waals surface area contributed by atoms with E-state index >= 15 is 0 Å². The maximum absolute atomic E-state index is 13.6. The summed E-state index contributed by atoms with van der Waals surface area (Å²) in [7, 11) is 0. The minimum Gasteiger partial charge on any atom is -0.308 e. The summed E-state index contributed by atoms with van der Waals surface area (Å²) in [6.45, 7) is 1.73. The van der Waals surface area contributed by atoms with Crippen molar-refractivity contribution in [2.45, 2.75) is 26.2 Å². The Labute approximate surface area is 110 Å². The summed E-state index contributed by atoms with van der Waals surface area (Å²) in [6.07, 6.45) is 2.93. The Bertz CT molecular complexity index is 640. The first-order chi connectivity index (χ1) is 9.19. The zero-order valence-electron chi connectivity index (χ0n) is 10.7. The van der Waals surface area contributed by atoms with Crippen molar-refractivity contribution in [1.82, 2.24) is 9.97 Å². The largest absolute Gasteiger partial charge is 0.308 e. The molecule has 2 aromatic rings. The summed E-state index contributed by atoms with van der Waals surface area (Å²) in [4.78, 5) is 8.92. The second-order valence-electron chi connectivity index (χ2n) is 4.78. The van der Waals surface area contributed by atoms with Crippen molar-refractivity contribution >= 4 is 5.82 Å². The van der Waals surface area contributed by atoms with Gasteiger partial charge in [0.05, 0.1) is 0 Å². The monoisotopic (exact) mass is 258 g/mol. The lowest BCUT2D eigenvalue weighted by molar-refractivity contribution is 0.619. The Morgan fingerprint density at radius 1 is 1.26 bits per heavy atom. The average molecular weight is 258 g/mol. The molecule has 1 aliphatic rings. The molecule has 0 spiro atoms. The van der Waals surface area contributed by atoms with E-state index in [1.54, 1.807) is 13.0 Å². The third kappa shape index (κ3) is 2.06. The van der Waals surface area contributed by atoms with Crippen LogP contribution in [-0.2, 0) is 12.8 Å². The number of fused-ring (bicyclic) bond motifs is 1. The van der Waals surface area contributed by atoms with Crippen LogP contribution in [0.2, 0.25) is 0 Å². The Morgan fingerprint density at radius 3 is 2.84 bits per heavy atom. The lowest BCUT2D eigenvalue weighted by Gasteiger charge is -2.09. The lowest BCUT2D eigenvalue weighted by Crippen LogP contribution is -2.12. The first-order valence-corrected chi connectivity index (χ1v) is 6.32. The van der Waals surface area contributed by atoms with Gasteiger partial charge < -0.3 is 5.43 Å². The van der Waals surface area contributed by atoms with Crippen LogP contribution in [0.3, 0.4) is 0 Å². The van der Waals surface area contributed by atoms with E-state index in [0.29, 0.717) is 22.8 Å². The molecule has 0 amide bonds. The van der Waals surface area contributed by atoms with Gasteiger partial charge >= 0.3 is 0 Å². The second kappa shape index (κ2) is 4.59. The Hall–Kier alpha value is -2.01. The minimum atomic E-state index is -0.246. The highest BCUT2D eigenvalue weighted by molar-refractivity contribution is 5.61. The fourth-order valence-corrected chi connectivity index (χ4v) is 2.41. The zero-order valence-corrected chi connectivity index (χ0v) is 10.7. The van der Waals surface area contributed by atoms with Gasteiger partial charge in [0.15, 0.2) is 5.82 Å². The van der Waals surface area contributed by atoms with Crippen LogP contribution in [0.5, 0.6) is 0 Å². The topological polar surface area (TPSA) is 63.8 Å².